The Labute approximate surface area is 189 Å². The van der Waals surface area contributed by atoms with E-state index < -0.39 is 16.1 Å². The molecule has 164 valence electrons. The molecule has 2 aromatic rings. The number of aryl methyl sites for hydroxylation is 1. The zero-order valence-corrected chi connectivity index (χ0v) is 20.1. The van der Waals surface area contributed by atoms with Crippen LogP contribution in [0.25, 0.3) is 0 Å². The first-order chi connectivity index (χ1) is 14.3. The van der Waals surface area contributed by atoms with Crippen LogP contribution in [0.15, 0.2) is 59.1 Å². The van der Waals surface area contributed by atoms with Crippen molar-refractivity contribution in [3.8, 4) is 0 Å². The second-order valence-corrected chi connectivity index (χ2v) is 10.1. The van der Waals surface area contributed by atoms with E-state index in [0.29, 0.717) is 24.8 Å². The summed E-state index contributed by atoms with van der Waals surface area (Å²) in [6.07, 6.45) is 1.57. The van der Waals surface area contributed by atoms with E-state index in [2.05, 4.69) is 39.4 Å². The summed E-state index contributed by atoms with van der Waals surface area (Å²) in [7, 11) is -3.57. The molecule has 0 aromatic heterocycles. The highest BCUT2D eigenvalue weighted by Crippen LogP contribution is 2.15. The van der Waals surface area contributed by atoms with Crippen LogP contribution in [0.5, 0.6) is 0 Å². The third-order valence-electron chi connectivity index (χ3n) is 5.11. The van der Waals surface area contributed by atoms with E-state index in [0.717, 1.165) is 29.7 Å². The maximum atomic E-state index is 13.1. The van der Waals surface area contributed by atoms with Crippen molar-refractivity contribution in [2.45, 2.75) is 39.2 Å². The Morgan fingerprint density at radius 2 is 1.67 bits per heavy atom. The van der Waals surface area contributed by atoms with Gasteiger partial charge in [0.2, 0.25) is 10.0 Å². The average molecular weight is 495 g/mol. The van der Waals surface area contributed by atoms with Crippen molar-refractivity contribution in [3.63, 3.8) is 0 Å². The minimum Gasteiger partial charge on any atom is -0.304 e. The van der Waals surface area contributed by atoms with Gasteiger partial charge in [0.25, 0.3) is 0 Å². The first-order valence-electron chi connectivity index (χ1n) is 10.4. The summed E-state index contributed by atoms with van der Waals surface area (Å²) < 4.78 is 29.0. The van der Waals surface area contributed by atoms with Crippen molar-refractivity contribution in [2.24, 2.45) is 0 Å². The fourth-order valence-corrected chi connectivity index (χ4v) is 4.86. The molecule has 0 spiro atoms. The van der Waals surface area contributed by atoms with Crippen molar-refractivity contribution in [1.29, 1.82) is 0 Å². The third kappa shape index (κ3) is 8.30. The zero-order chi connectivity index (χ0) is 22.0. The topological polar surface area (TPSA) is 66.5 Å². The van der Waals surface area contributed by atoms with E-state index in [1.54, 1.807) is 24.3 Å². The molecule has 0 unspecified atom stereocenters. The highest BCUT2D eigenvalue weighted by atomic mass is 79.9. The number of nitrogens with zero attached hydrogens (tertiary/aromatic N) is 1. The van der Waals surface area contributed by atoms with Crippen LogP contribution in [0.4, 0.5) is 0 Å². The molecular weight excluding hydrogens is 464 g/mol. The van der Waals surface area contributed by atoms with Crippen molar-refractivity contribution >= 4 is 31.7 Å². The predicted octanol–water partition coefficient (Wildman–Crippen LogP) is 4.28. The maximum absolute atomic E-state index is 13.1. The van der Waals surface area contributed by atoms with E-state index in [1.165, 1.54) is 0 Å². The van der Waals surface area contributed by atoms with Crippen LogP contribution < -0.4 is 4.72 Å². The molecule has 7 heteroatoms. The summed E-state index contributed by atoms with van der Waals surface area (Å²) in [6.45, 7) is 6.64. The fourth-order valence-electron chi connectivity index (χ4n) is 3.31. The SMILES string of the molecule is CCN(CC)CCCS(=O)(=O)N[C@H](CCc1ccccc1)C(=O)c1ccc(Br)cc1. The van der Waals surface area contributed by atoms with Crippen LogP contribution in [0.2, 0.25) is 0 Å². The quantitative estimate of drug-likeness (QED) is 0.421. The Bertz CT molecular complexity index is 882. The van der Waals surface area contributed by atoms with Crippen LogP contribution in [0, 0.1) is 0 Å². The summed E-state index contributed by atoms with van der Waals surface area (Å²) in [5.41, 5.74) is 1.58. The van der Waals surface area contributed by atoms with Gasteiger partial charge in [-0.1, -0.05) is 72.2 Å². The molecule has 2 rings (SSSR count). The van der Waals surface area contributed by atoms with Gasteiger partial charge in [-0.2, -0.15) is 0 Å². The van der Waals surface area contributed by atoms with E-state index in [-0.39, 0.29) is 11.5 Å². The van der Waals surface area contributed by atoms with E-state index in [1.807, 2.05) is 30.3 Å². The molecular formula is C23H31BrN2O3S. The molecule has 1 N–H and O–H groups in total. The fraction of sp³-hybridized carbons (Fsp3) is 0.435. The lowest BCUT2D eigenvalue weighted by Gasteiger charge is -2.20. The maximum Gasteiger partial charge on any atom is 0.212 e. The third-order valence-corrected chi connectivity index (χ3v) is 7.11. The molecule has 0 aliphatic heterocycles. The molecule has 0 bridgehead atoms. The van der Waals surface area contributed by atoms with Gasteiger partial charge < -0.3 is 4.90 Å². The molecule has 5 nitrogen and oxygen atoms in total. The average Bonchev–Trinajstić information content (AvgIpc) is 2.75. The van der Waals surface area contributed by atoms with Gasteiger partial charge in [0.05, 0.1) is 11.8 Å². The van der Waals surface area contributed by atoms with E-state index >= 15 is 0 Å². The first-order valence-corrected chi connectivity index (χ1v) is 12.8. The second kappa shape index (κ2) is 12.3. The standard InChI is InChI=1S/C23H31BrN2O3S/c1-3-26(4-2)17-8-18-30(28,29)25-22(16-11-19-9-6-5-7-10-19)23(27)20-12-14-21(24)15-13-20/h5-7,9-10,12-15,22,25H,3-4,8,11,16-18H2,1-2H3/t22-/m1/s1. The summed E-state index contributed by atoms with van der Waals surface area (Å²) in [5.74, 6) is -0.190. The Balaban J connectivity index is 2.09. The molecule has 1 atom stereocenters. The van der Waals surface area contributed by atoms with Gasteiger partial charge in [0.1, 0.15) is 0 Å². The second-order valence-electron chi connectivity index (χ2n) is 7.27. The van der Waals surface area contributed by atoms with Crippen LogP contribution in [0.1, 0.15) is 42.6 Å². The molecule has 0 saturated carbocycles. The number of halogens is 1. The van der Waals surface area contributed by atoms with E-state index in [9.17, 15) is 13.2 Å². The lowest BCUT2D eigenvalue weighted by molar-refractivity contribution is 0.0949. The van der Waals surface area contributed by atoms with Crippen molar-refractivity contribution in [3.05, 3.63) is 70.2 Å². The zero-order valence-electron chi connectivity index (χ0n) is 17.7. The smallest absolute Gasteiger partial charge is 0.212 e. The highest BCUT2D eigenvalue weighted by Gasteiger charge is 2.25. The summed E-state index contributed by atoms with van der Waals surface area (Å²) in [6, 6.07) is 16.0. The predicted molar refractivity (Wildman–Crippen MR) is 126 cm³/mol. The number of ketones is 1. The molecule has 30 heavy (non-hydrogen) atoms. The largest absolute Gasteiger partial charge is 0.304 e. The van der Waals surface area contributed by atoms with Gasteiger partial charge in [-0.25, -0.2) is 13.1 Å². The lowest BCUT2D eigenvalue weighted by atomic mass is 9.98. The molecule has 0 amide bonds. The Morgan fingerprint density at radius 3 is 2.27 bits per heavy atom. The van der Waals surface area contributed by atoms with Gasteiger partial charge in [0.15, 0.2) is 5.78 Å². The van der Waals surface area contributed by atoms with E-state index in [4.69, 9.17) is 0 Å². The normalized spacial score (nSPS) is 12.8. The first kappa shape index (κ1) is 24.7. The number of benzene rings is 2. The lowest BCUT2D eigenvalue weighted by Crippen LogP contribution is -2.42. The number of hydrogen-bond donors (Lipinski definition) is 1. The van der Waals surface area contributed by atoms with Crippen LogP contribution in [-0.4, -0.2) is 50.5 Å². The van der Waals surface area contributed by atoms with Gasteiger partial charge >= 0.3 is 0 Å². The van der Waals surface area contributed by atoms with Crippen LogP contribution in [0.3, 0.4) is 0 Å². The Morgan fingerprint density at radius 1 is 1.03 bits per heavy atom. The van der Waals surface area contributed by atoms with Crippen molar-refractivity contribution in [1.82, 2.24) is 9.62 Å². The van der Waals surface area contributed by atoms with Gasteiger partial charge in [-0.15, -0.1) is 0 Å². The highest BCUT2D eigenvalue weighted by molar-refractivity contribution is 9.10. The summed E-state index contributed by atoms with van der Waals surface area (Å²) in [5, 5.41) is 0. The number of carbonyl (C=O) groups is 1. The minimum atomic E-state index is -3.57. The van der Waals surface area contributed by atoms with Gasteiger partial charge in [0, 0.05) is 10.0 Å². The van der Waals surface area contributed by atoms with Crippen molar-refractivity contribution in [2.75, 3.05) is 25.4 Å². The minimum absolute atomic E-state index is 0.0129. The summed E-state index contributed by atoms with van der Waals surface area (Å²) in [4.78, 5) is 15.3. The number of Topliss-reactive ketones (excluding diaryl/α,β-unsaturated/α-hetero) is 1. The number of sulfonamides is 1. The Hall–Kier alpha value is -1.54. The van der Waals surface area contributed by atoms with Crippen molar-refractivity contribution < 1.29 is 13.2 Å². The molecule has 0 aliphatic rings. The molecule has 0 fully saturated rings. The molecule has 0 radical (unpaired) electrons. The van der Waals surface area contributed by atoms with Gasteiger partial charge in [-0.3, -0.25) is 4.79 Å². The van der Waals surface area contributed by atoms with Crippen LogP contribution in [-0.2, 0) is 16.4 Å². The number of carbonyl (C=O) groups excluding carboxylic acids is 1. The number of nitrogens with one attached hydrogen (secondary N) is 1. The molecule has 0 saturated heterocycles. The number of hydrogen-bond acceptors (Lipinski definition) is 4. The summed E-state index contributed by atoms with van der Waals surface area (Å²) >= 11 is 3.37. The molecule has 0 aliphatic carbocycles. The Kier molecular flexibility index (Phi) is 10.2. The monoisotopic (exact) mass is 494 g/mol. The van der Waals surface area contributed by atoms with Gasteiger partial charge in [-0.05, 0) is 56.6 Å². The molecule has 2 aromatic carbocycles. The van der Waals surface area contributed by atoms with Crippen LogP contribution >= 0.6 is 15.9 Å². The number of rotatable bonds is 13. The molecule has 0 heterocycles.